The van der Waals surface area contributed by atoms with Crippen molar-refractivity contribution in [2.24, 2.45) is 5.73 Å². The molecule has 0 saturated heterocycles. The molecule has 3 N–H and O–H groups in total. The first-order valence-corrected chi connectivity index (χ1v) is 7.90. The van der Waals surface area contributed by atoms with E-state index in [9.17, 15) is 0 Å². The Labute approximate surface area is 119 Å². The SMILES string of the molecule is C=C(O)C(N)CCSCCCC1=CCCC=C1Cl. The number of hydrogen-bond donors (Lipinski definition) is 2. The second kappa shape index (κ2) is 8.68. The highest BCUT2D eigenvalue weighted by molar-refractivity contribution is 7.99. The Morgan fingerprint density at radius 1 is 1.44 bits per heavy atom. The lowest BCUT2D eigenvalue weighted by molar-refractivity contribution is 0.367. The summed E-state index contributed by atoms with van der Waals surface area (Å²) in [7, 11) is 0. The highest BCUT2D eigenvalue weighted by atomic mass is 35.5. The van der Waals surface area contributed by atoms with Gasteiger partial charge in [0, 0.05) is 5.03 Å². The topological polar surface area (TPSA) is 46.2 Å². The van der Waals surface area contributed by atoms with E-state index in [0.717, 1.165) is 48.6 Å². The molecule has 0 aromatic heterocycles. The number of nitrogens with two attached hydrogens (primary N) is 1. The van der Waals surface area contributed by atoms with Crippen LogP contribution in [0.15, 0.2) is 35.1 Å². The summed E-state index contributed by atoms with van der Waals surface area (Å²) in [6, 6.07) is -0.282. The second-order valence-corrected chi connectivity index (χ2v) is 6.09. The minimum Gasteiger partial charge on any atom is -0.511 e. The molecule has 0 heterocycles. The fraction of sp³-hybridized carbons (Fsp3) is 0.571. The van der Waals surface area contributed by atoms with Crippen molar-refractivity contribution >= 4 is 23.4 Å². The lowest BCUT2D eigenvalue weighted by Gasteiger charge is -2.11. The number of aliphatic hydroxyl groups excluding tert-OH is 1. The van der Waals surface area contributed by atoms with Crippen molar-refractivity contribution < 1.29 is 5.11 Å². The highest BCUT2D eigenvalue weighted by Gasteiger charge is 2.07. The van der Waals surface area contributed by atoms with Gasteiger partial charge in [-0.25, -0.2) is 0 Å². The zero-order valence-electron chi connectivity index (χ0n) is 10.7. The van der Waals surface area contributed by atoms with E-state index in [1.807, 2.05) is 11.8 Å². The van der Waals surface area contributed by atoms with Gasteiger partial charge in [-0.15, -0.1) is 0 Å². The molecule has 1 unspecified atom stereocenters. The molecule has 1 aliphatic carbocycles. The molecule has 0 aliphatic heterocycles. The zero-order chi connectivity index (χ0) is 13.4. The molecule has 0 saturated carbocycles. The first kappa shape index (κ1) is 15.7. The Kier molecular flexibility index (Phi) is 7.56. The van der Waals surface area contributed by atoms with E-state index < -0.39 is 0 Å². The largest absolute Gasteiger partial charge is 0.511 e. The summed E-state index contributed by atoms with van der Waals surface area (Å²) in [5, 5.41) is 10.0. The van der Waals surface area contributed by atoms with Gasteiger partial charge in [0.05, 0.1) is 6.04 Å². The van der Waals surface area contributed by atoms with Crippen LogP contribution < -0.4 is 5.73 Å². The van der Waals surface area contributed by atoms with Crippen molar-refractivity contribution in [3.63, 3.8) is 0 Å². The van der Waals surface area contributed by atoms with Gasteiger partial charge in [-0.2, -0.15) is 11.8 Å². The Hall–Kier alpha value is -0.380. The number of hydrogen-bond acceptors (Lipinski definition) is 3. The van der Waals surface area contributed by atoms with Crippen molar-refractivity contribution in [1.29, 1.82) is 0 Å². The number of halogens is 1. The molecular formula is C14H22ClNOS. The minimum atomic E-state index is -0.282. The maximum absolute atomic E-state index is 9.07. The number of thioether (sulfide) groups is 1. The van der Waals surface area contributed by atoms with E-state index in [-0.39, 0.29) is 11.8 Å². The van der Waals surface area contributed by atoms with Crippen molar-refractivity contribution in [2.75, 3.05) is 11.5 Å². The summed E-state index contributed by atoms with van der Waals surface area (Å²) in [4.78, 5) is 0. The average molecular weight is 288 g/mol. The predicted molar refractivity (Wildman–Crippen MR) is 82.2 cm³/mol. The molecule has 18 heavy (non-hydrogen) atoms. The predicted octanol–water partition coefficient (Wildman–Crippen LogP) is 4.13. The van der Waals surface area contributed by atoms with Gasteiger partial charge in [-0.3, -0.25) is 0 Å². The first-order chi connectivity index (χ1) is 8.61. The standard InChI is InChI=1S/C14H22ClNOS/c1-11(17)14(16)8-10-18-9-4-6-12-5-2-3-7-13(12)15/h5,7,14,17H,1-4,6,8-10,16H2. The van der Waals surface area contributed by atoms with Crippen molar-refractivity contribution in [3.05, 3.63) is 35.1 Å². The van der Waals surface area contributed by atoms with Gasteiger partial charge in [-0.05, 0) is 49.2 Å². The van der Waals surface area contributed by atoms with E-state index in [0.29, 0.717) is 0 Å². The van der Waals surface area contributed by atoms with Gasteiger partial charge in [-0.1, -0.05) is 30.3 Å². The molecule has 2 nitrogen and oxygen atoms in total. The first-order valence-electron chi connectivity index (χ1n) is 6.37. The third kappa shape index (κ3) is 5.98. The third-order valence-electron chi connectivity index (χ3n) is 2.92. The van der Waals surface area contributed by atoms with E-state index >= 15 is 0 Å². The fourth-order valence-electron chi connectivity index (χ4n) is 1.76. The van der Waals surface area contributed by atoms with Gasteiger partial charge in [0.15, 0.2) is 0 Å². The Balaban J connectivity index is 2.04. The lowest BCUT2D eigenvalue weighted by atomic mass is 10.0. The fourth-order valence-corrected chi connectivity index (χ4v) is 3.02. The van der Waals surface area contributed by atoms with Crippen LogP contribution in [0.1, 0.15) is 32.1 Å². The van der Waals surface area contributed by atoms with Crippen LogP contribution in [0.2, 0.25) is 0 Å². The molecule has 1 aliphatic rings. The highest BCUT2D eigenvalue weighted by Crippen LogP contribution is 2.26. The molecule has 1 rings (SSSR count). The molecule has 0 aromatic rings. The van der Waals surface area contributed by atoms with E-state index in [1.165, 1.54) is 5.57 Å². The summed E-state index contributed by atoms with van der Waals surface area (Å²) in [6.45, 7) is 3.43. The van der Waals surface area contributed by atoms with Crippen molar-refractivity contribution in [2.45, 2.75) is 38.1 Å². The molecule has 0 amide bonds. The summed E-state index contributed by atoms with van der Waals surface area (Å²) in [5.41, 5.74) is 6.96. The number of aliphatic hydroxyl groups is 1. The van der Waals surface area contributed by atoms with Crippen LogP contribution >= 0.6 is 23.4 Å². The minimum absolute atomic E-state index is 0.0832. The zero-order valence-corrected chi connectivity index (χ0v) is 12.3. The van der Waals surface area contributed by atoms with Crippen LogP contribution in [0, 0.1) is 0 Å². The molecular weight excluding hydrogens is 266 g/mol. The third-order valence-corrected chi connectivity index (χ3v) is 4.42. The van der Waals surface area contributed by atoms with Crippen molar-refractivity contribution in [3.8, 4) is 0 Å². The van der Waals surface area contributed by atoms with Crippen LogP contribution in [-0.2, 0) is 0 Å². The van der Waals surface area contributed by atoms with E-state index in [1.54, 1.807) is 0 Å². The van der Waals surface area contributed by atoms with Gasteiger partial charge in [0.2, 0.25) is 0 Å². The normalized spacial score (nSPS) is 17.0. The van der Waals surface area contributed by atoms with Crippen LogP contribution in [0.3, 0.4) is 0 Å². The van der Waals surface area contributed by atoms with Crippen molar-refractivity contribution in [1.82, 2.24) is 0 Å². The maximum Gasteiger partial charge on any atom is 0.102 e. The molecule has 1 atom stereocenters. The van der Waals surface area contributed by atoms with Gasteiger partial charge in [0.1, 0.15) is 5.76 Å². The quantitative estimate of drug-likeness (QED) is 0.521. The Bertz CT molecular complexity index is 339. The van der Waals surface area contributed by atoms with Gasteiger partial charge >= 0.3 is 0 Å². The molecule has 0 bridgehead atoms. The summed E-state index contributed by atoms with van der Waals surface area (Å²) in [6.07, 6.45) is 9.51. The monoisotopic (exact) mass is 287 g/mol. The van der Waals surface area contributed by atoms with Gasteiger partial charge < -0.3 is 10.8 Å². The summed E-state index contributed by atoms with van der Waals surface area (Å²) in [5.74, 6) is 2.15. The maximum atomic E-state index is 9.07. The second-order valence-electron chi connectivity index (χ2n) is 4.46. The Morgan fingerprint density at radius 2 is 2.17 bits per heavy atom. The van der Waals surface area contributed by atoms with Crippen LogP contribution in [-0.4, -0.2) is 22.7 Å². The molecule has 0 fully saturated rings. The number of allylic oxidation sites excluding steroid dienone is 4. The molecule has 0 aromatic carbocycles. The lowest BCUT2D eigenvalue weighted by Crippen LogP contribution is -2.22. The smallest absolute Gasteiger partial charge is 0.102 e. The molecule has 0 radical (unpaired) electrons. The van der Waals surface area contributed by atoms with Crippen LogP contribution in [0.4, 0.5) is 0 Å². The molecule has 102 valence electrons. The van der Waals surface area contributed by atoms with E-state index in [4.69, 9.17) is 22.4 Å². The summed E-state index contributed by atoms with van der Waals surface area (Å²) >= 11 is 8.00. The van der Waals surface area contributed by atoms with Crippen LogP contribution in [0.5, 0.6) is 0 Å². The van der Waals surface area contributed by atoms with E-state index in [2.05, 4.69) is 18.7 Å². The molecule has 0 spiro atoms. The average Bonchev–Trinajstić information content (AvgIpc) is 2.35. The Morgan fingerprint density at radius 3 is 2.83 bits per heavy atom. The molecule has 4 heteroatoms. The van der Waals surface area contributed by atoms with Gasteiger partial charge in [0.25, 0.3) is 0 Å². The summed E-state index contributed by atoms with van der Waals surface area (Å²) < 4.78 is 0. The number of rotatable bonds is 8. The van der Waals surface area contributed by atoms with Crippen LogP contribution in [0.25, 0.3) is 0 Å².